The SMILES string of the molecule is CC(O)C(NC(=O)C(CC(N)=O)NC(=O)C(N)Cc1ccc(O)cc1)C(=O)NC(CCCN=C(N)N)C(=O)O. The molecule has 1 aromatic carbocycles. The first-order chi connectivity index (χ1) is 18.2. The minimum atomic E-state index is -1.64. The maximum absolute atomic E-state index is 12.9. The van der Waals surface area contributed by atoms with Crippen molar-refractivity contribution in [1.29, 1.82) is 0 Å². The molecule has 0 aliphatic rings. The van der Waals surface area contributed by atoms with Crippen molar-refractivity contribution in [2.45, 2.75) is 62.9 Å². The molecule has 216 valence electrons. The van der Waals surface area contributed by atoms with E-state index in [0.717, 1.165) is 0 Å². The number of aliphatic hydroxyl groups excluding tert-OH is 1. The molecule has 0 aliphatic heterocycles. The first-order valence-corrected chi connectivity index (χ1v) is 11.9. The number of carbonyl (C=O) groups excluding carboxylic acids is 4. The predicted molar refractivity (Wildman–Crippen MR) is 139 cm³/mol. The van der Waals surface area contributed by atoms with Crippen LogP contribution in [0.5, 0.6) is 5.75 Å². The van der Waals surface area contributed by atoms with Crippen LogP contribution in [0.15, 0.2) is 29.3 Å². The van der Waals surface area contributed by atoms with Crippen LogP contribution in [-0.2, 0) is 30.4 Å². The fourth-order valence-electron chi connectivity index (χ4n) is 3.35. The Morgan fingerprint density at radius 3 is 2.03 bits per heavy atom. The Balaban J connectivity index is 2.90. The van der Waals surface area contributed by atoms with Crippen molar-refractivity contribution < 1.29 is 39.3 Å². The Hall–Kier alpha value is -4.44. The molecule has 0 saturated heterocycles. The molecule has 5 unspecified atom stereocenters. The summed E-state index contributed by atoms with van der Waals surface area (Å²) in [5.74, 6) is -5.36. The second-order valence-electron chi connectivity index (χ2n) is 8.78. The molecule has 1 aromatic rings. The van der Waals surface area contributed by atoms with Gasteiger partial charge in [0, 0.05) is 6.54 Å². The number of aliphatic imine (C=N–C) groups is 1. The first-order valence-electron chi connectivity index (χ1n) is 11.9. The van der Waals surface area contributed by atoms with E-state index >= 15 is 0 Å². The number of primary amides is 1. The van der Waals surface area contributed by atoms with Crippen LogP contribution in [0, 0.1) is 0 Å². The third-order valence-electron chi connectivity index (χ3n) is 5.39. The molecule has 0 bridgehead atoms. The largest absolute Gasteiger partial charge is 0.508 e. The van der Waals surface area contributed by atoms with Crippen LogP contribution < -0.4 is 38.9 Å². The molecular formula is C23H36N8O8. The molecule has 4 amide bonds. The maximum atomic E-state index is 12.9. The molecule has 0 fully saturated rings. The van der Waals surface area contributed by atoms with E-state index in [0.29, 0.717) is 5.56 Å². The summed E-state index contributed by atoms with van der Waals surface area (Å²) >= 11 is 0. The highest BCUT2D eigenvalue weighted by molar-refractivity contribution is 5.96. The second kappa shape index (κ2) is 15.7. The molecule has 1 rings (SSSR count). The normalized spacial score (nSPS) is 14.5. The van der Waals surface area contributed by atoms with E-state index < -0.39 is 66.3 Å². The lowest BCUT2D eigenvalue weighted by Gasteiger charge is -2.26. The number of phenols is 1. The van der Waals surface area contributed by atoms with Crippen molar-refractivity contribution in [3.05, 3.63) is 29.8 Å². The summed E-state index contributed by atoms with van der Waals surface area (Å²) in [6.45, 7) is 1.29. The third-order valence-corrected chi connectivity index (χ3v) is 5.39. The summed E-state index contributed by atoms with van der Waals surface area (Å²) in [4.78, 5) is 65.1. The zero-order valence-corrected chi connectivity index (χ0v) is 21.4. The highest BCUT2D eigenvalue weighted by Gasteiger charge is 2.33. The maximum Gasteiger partial charge on any atom is 0.326 e. The Bertz CT molecular complexity index is 1040. The van der Waals surface area contributed by atoms with Gasteiger partial charge in [-0.25, -0.2) is 4.79 Å². The molecule has 0 aliphatic carbocycles. The van der Waals surface area contributed by atoms with Crippen molar-refractivity contribution >= 4 is 35.6 Å². The highest BCUT2D eigenvalue weighted by Crippen LogP contribution is 2.11. The monoisotopic (exact) mass is 552 g/mol. The van der Waals surface area contributed by atoms with Gasteiger partial charge in [0.1, 0.15) is 23.9 Å². The van der Waals surface area contributed by atoms with Gasteiger partial charge in [-0.3, -0.25) is 24.2 Å². The van der Waals surface area contributed by atoms with Crippen LogP contribution in [0.2, 0.25) is 0 Å². The van der Waals surface area contributed by atoms with Crippen LogP contribution in [0.1, 0.15) is 31.7 Å². The molecule has 0 radical (unpaired) electrons. The summed E-state index contributed by atoms with van der Waals surface area (Å²) < 4.78 is 0. The third kappa shape index (κ3) is 12.1. The van der Waals surface area contributed by atoms with Gasteiger partial charge in [0.25, 0.3) is 0 Å². The number of aliphatic hydroxyl groups is 1. The van der Waals surface area contributed by atoms with Crippen molar-refractivity contribution in [3.8, 4) is 5.75 Å². The van der Waals surface area contributed by atoms with Gasteiger partial charge in [-0.2, -0.15) is 0 Å². The Kier molecular flexibility index (Phi) is 13.1. The van der Waals surface area contributed by atoms with Crippen molar-refractivity contribution in [2.75, 3.05) is 6.54 Å². The van der Waals surface area contributed by atoms with E-state index in [1.54, 1.807) is 12.1 Å². The van der Waals surface area contributed by atoms with Gasteiger partial charge < -0.3 is 54.2 Å². The van der Waals surface area contributed by atoms with Gasteiger partial charge in [0.2, 0.25) is 23.6 Å². The molecule has 14 N–H and O–H groups in total. The summed E-state index contributed by atoms with van der Waals surface area (Å²) in [5.41, 5.74) is 22.2. The molecule has 16 heteroatoms. The van der Waals surface area contributed by atoms with E-state index in [2.05, 4.69) is 20.9 Å². The van der Waals surface area contributed by atoms with E-state index in [4.69, 9.17) is 22.9 Å². The topological polar surface area (TPSA) is 299 Å². The molecule has 5 atom stereocenters. The Morgan fingerprint density at radius 2 is 1.51 bits per heavy atom. The Morgan fingerprint density at radius 1 is 0.923 bits per heavy atom. The van der Waals surface area contributed by atoms with E-state index in [9.17, 15) is 39.3 Å². The number of phenolic OH excluding ortho intramolecular Hbond substituents is 1. The lowest BCUT2D eigenvalue weighted by Crippen LogP contribution is -2.60. The lowest BCUT2D eigenvalue weighted by atomic mass is 10.0. The van der Waals surface area contributed by atoms with E-state index in [1.165, 1.54) is 19.1 Å². The summed E-state index contributed by atoms with van der Waals surface area (Å²) in [6, 6.07) is 0.181. The standard InChI is InChI=1S/C23H36N8O8/c1-11(32)18(21(37)29-15(22(38)39)3-2-8-28-23(26)27)31-20(36)16(10-17(25)34)30-19(35)14(24)9-12-4-6-13(33)7-5-12/h4-7,11,14-16,18,32-33H,2-3,8-10,24H2,1H3,(H2,25,34)(H,29,37)(H,30,35)(H,31,36)(H,38,39)(H4,26,27,28). The van der Waals surface area contributed by atoms with Crippen molar-refractivity contribution in [1.82, 2.24) is 16.0 Å². The van der Waals surface area contributed by atoms with E-state index in [-0.39, 0.29) is 37.5 Å². The predicted octanol–water partition coefficient (Wildman–Crippen LogP) is -3.89. The Labute approximate surface area is 224 Å². The average Bonchev–Trinajstić information content (AvgIpc) is 2.84. The number of rotatable bonds is 16. The number of carbonyl (C=O) groups is 5. The molecule has 0 aromatic heterocycles. The highest BCUT2D eigenvalue weighted by atomic mass is 16.4. The number of hydrogen-bond acceptors (Lipinski definition) is 9. The quantitative estimate of drug-likeness (QED) is 0.0537. The number of aliphatic carboxylic acids is 1. The minimum absolute atomic E-state index is 0.0206. The number of nitrogens with two attached hydrogens (primary N) is 4. The van der Waals surface area contributed by atoms with E-state index in [1.807, 2.05) is 0 Å². The van der Waals surface area contributed by atoms with Crippen molar-refractivity contribution in [2.24, 2.45) is 27.9 Å². The van der Waals surface area contributed by atoms with Gasteiger partial charge in [0.05, 0.1) is 18.6 Å². The van der Waals surface area contributed by atoms with Crippen LogP contribution in [0.4, 0.5) is 0 Å². The van der Waals surface area contributed by atoms with Gasteiger partial charge in [-0.05, 0) is 43.9 Å². The van der Waals surface area contributed by atoms with Crippen LogP contribution in [0.3, 0.4) is 0 Å². The molecule has 0 saturated carbocycles. The lowest BCUT2D eigenvalue weighted by molar-refractivity contribution is -0.143. The number of carboxylic acid groups (broad SMARTS) is 1. The van der Waals surface area contributed by atoms with Crippen LogP contribution in [0.25, 0.3) is 0 Å². The van der Waals surface area contributed by atoms with Crippen LogP contribution in [-0.4, -0.2) is 87.7 Å². The first kappa shape index (κ1) is 32.6. The number of amides is 4. The van der Waals surface area contributed by atoms with Gasteiger partial charge in [0.15, 0.2) is 5.96 Å². The summed E-state index contributed by atoms with van der Waals surface area (Å²) in [7, 11) is 0. The fourth-order valence-corrected chi connectivity index (χ4v) is 3.35. The van der Waals surface area contributed by atoms with Gasteiger partial charge in [-0.1, -0.05) is 12.1 Å². The van der Waals surface area contributed by atoms with Crippen LogP contribution >= 0.6 is 0 Å². The molecule has 39 heavy (non-hydrogen) atoms. The van der Waals surface area contributed by atoms with Gasteiger partial charge >= 0.3 is 5.97 Å². The number of benzene rings is 1. The molecule has 16 nitrogen and oxygen atoms in total. The van der Waals surface area contributed by atoms with Gasteiger partial charge in [-0.15, -0.1) is 0 Å². The number of hydrogen-bond donors (Lipinski definition) is 10. The zero-order chi connectivity index (χ0) is 29.7. The number of nitrogens with zero attached hydrogens (tertiary/aromatic N) is 1. The fraction of sp³-hybridized carbons (Fsp3) is 0.478. The second-order valence-corrected chi connectivity index (χ2v) is 8.78. The molecule has 0 spiro atoms. The number of aromatic hydroxyl groups is 1. The number of nitrogens with one attached hydrogen (secondary N) is 3. The molecular weight excluding hydrogens is 516 g/mol. The van der Waals surface area contributed by atoms with Crippen molar-refractivity contribution in [3.63, 3.8) is 0 Å². The number of carboxylic acids is 1. The minimum Gasteiger partial charge on any atom is -0.508 e. The summed E-state index contributed by atoms with van der Waals surface area (Å²) in [5, 5.41) is 35.6. The smallest absolute Gasteiger partial charge is 0.326 e. The summed E-state index contributed by atoms with van der Waals surface area (Å²) in [6.07, 6.45) is -1.96. The molecule has 0 heterocycles. The number of guanidine groups is 1. The zero-order valence-electron chi connectivity index (χ0n) is 21.4. The average molecular weight is 553 g/mol.